The van der Waals surface area contributed by atoms with Crippen LogP contribution in [0.25, 0.3) is 33.2 Å². The van der Waals surface area contributed by atoms with E-state index in [1.54, 1.807) is 29.9 Å². The number of benzene rings is 1. The van der Waals surface area contributed by atoms with E-state index in [1.807, 2.05) is 42.6 Å². The minimum atomic E-state index is 0.353. The van der Waals surface area contributed by atoms with Crippen molar-refractivity contribution < 1.29 is 0 Å². The molecule has 4 aromatic heterocycles. The lowest BCUT2D eigenvalue weighted by molar-refractivity contribution is 1.32. The number of anilines is 1. The molecule has 1 aromatic carbocycles. The third kappa shape index (κ3) is 3.09. The molecule has 0 bridgehead atoms. The summed E-state index contributed by atoms with van der Waals surface area (Å²) < 4.78 is 0. The molecule has 0 saturated carbocycles. The van der Waals surface area contributed by atoms with Gasteiger partial charge in [0.2, 0.25) is 0 Å². The van der Waals surface area contributed by atoms with E-state index in [1.165, 1.54) is 0 Å². The quantitative estimate of drug-likeness (QED) is 0.283. The van der Waals surface area contributed by atoms with Gasteiger partial charge in [-0.25, -0.2) is 0 Å². The molecule has 0 aliphatic carbocycles. The van der Waals surface area contributed by atoms with Gasteiger partial charge in [0.05, 0.1) is 23.1 Å². The Morgan fingerprint density at radius 3 is 2.59 bits per heavy atom. The maximum atomic E-state index is 8.81. The number of fused-ring (bicyclic) bond motifs is 1. The second-order valence-corrected chi connectivity index (χ2v) is 7.54. The summed E-state index contributed by atoms with van der Waals surface area (Å²) in [7, 11) is 0. The second-order valence-electron chi connectivity index (χ2n) is 6.76. The number of aromatic amines is 1. The highest BCUT2D eigenvalue weighted by molar-refractivity contribution is 7.08. The van der Waals surface area contributed by atoms with Crippen LogP contribution in [0.5, 0.6) is 0 Å². The van der Waals surface area contributed by atoms with Crippen LogP contribution in [-0.4, -0.2) is 20.7 Å². The van der Waals surface area contributed by atoms with Gasteiger partial charge >= 0.3 is 0 Å². The first-order valence-corrected chi connectivity index (χ1v) is 10.0. The fourth-order valence-corrected chi connectivity index (χ4v) is 4.13. The third-order valence-electron chi connectivity index (χ3n) is 4.98. The lowest BCUT2D eigenvalue weighted by atomic mass is 9.98. The van der Waals surface area contributed by atoms with E-state index < -0.39 is 0 Å². The van der Waals surface area contributed by atoms with Gasteiger partial charge in [-0.1, -0.05) is 6.07 Å². The van der Waals surface area contributed by atoms with E-state index in [-0.39, 0.29) is 0 Å². The number of pyridine rings is 2. The number of nitrogens with two attached hydrogens (primary N) is 1. The highest BCUT2D eigenvalue weighted by Gasteiger charge is 2.15. The Hall–Kier alpha value is -3.77. The first-order chi connectivity index (χ1) is 14.2. The molecule has 0 unspecified atom stereocenters. The molecule has 0 radical (unpaired) electrons. The van der Waals surface area contributed by atoms with Gasteiger partial charge in [-0.05, 0) is 63.8 Å². The minimum Gasteiger partial charge on any atom is -0.398 e. The lowest BCUT2D eigenvalue weighted by Gasteiger charge is -2.09. The molecule has 5 nitrogen and oxygen atoms in total. The zero-order chi connectivity index (χ0) is 19.8. The maximum absolute atomic E-state index is 8.81. The molecule has 0 amide bonds. The summed E-state index contributed by atoms with van der Waals surface area (Å²) in [5, 5.41) is 14.0. The van der Waals surface area contributed by atoms with Crippen molar-refractivity contribution in [1.82, 2.24) is 15.0 Å². The number of hydrogen-bond donors (Lipinski definition) is 3. The Morgan fingerprint density at radius 2 is 1.79 bits per heavy atom. The van der Waals surface area contributed by atoms with Crippen LogP contribution in [0.4, 0.5) is 5.69 Å². The van der Waals surface area contributed by atoms with Crippen molar-refractivity contribution in [2.24, 2.45) is 0 Å². The van der Waals surface area contributed by atoms with Crippen molar-refractivity contribution >= 4 is 33.6 Å². The monoisotopic (exact) mass is 395 g/mol. The van der Waals surface area contributed by atoms with E-state index in [0.29, 0.717) is 22.7 Å². The van der Waals surface area contributed by atoms with Crippen molar-refractivity contribution in [3.05, 3.63) is 89.3 Å². The fraction of sp³-hybridized carbons (Fsp3) is 0. The van der Waals surface area contributed by atoms with Gasteiger partial charge in [0.25, 0.3) is 0 Å². The van der Waals surface area contributed by atoms with Crippen molar-refractivity contribution in [3.63, 3.8) is 0 Å². The molecule has 5 aromatic rings. The molecule has 0 fully saturated rings. The number of aromatic nitrogens is 3. The predicted octanol–water partition coefficient (Wildman–Crippen LogP) is 5.35. The number of hydrogen-bond acceptors (Lipinski definition) is 5. The second kappa shape index (κ2) is 7.00. The van der Waals surface area contributed by atoms with Crippen LogP contribution in [0, 0.1) is 5.41 Å². The zero-order valence-electron chi connectivity index (χ0n) is 15.4. The Bertz CT molecular complexity index is 1320. The van der Waals surface area contributed by atoms with Crippen molar-refractivity contribution in [2.75, 3.05) is 5.73 Å². The van der Waals surface area contributed by atoms with Crippen LogP contribution in [-0.2, 0) is 0 Å². The molecule has 5 rings (SSSR count). The van der Waals surface area contributed by atoms with Gasteiger partial charge in [-0.2, -0.15) is 11.3 Å². The molecule has 0 saturated heterocycles. The molecule has 140 valence electrons. The van der Waals surface area contributed by atoms with Crippen LogP contribution < -0.4 is 5.73 Å². The molecule has 4 heterocycles. The summed E-state index contributed by atoms with van der Waals surface area (Å²) >= 11 is 1.65. The minimum absolute atomic E-state index is 0.353. The van der Waals surface area contributed by atoms with Crippen molar-refractivity contribution in [2.45, 2.75) is 0 Å². The number of thiophene rings is 1. The number of nitrogens with zero attached hydrogens (tertiary/aromatic N) is 2. The van der Waals surface area contributed by atoms with Crippen LogP contribution in [0.1, 0.15) is 11.3 Å². The van der Waals surface area contributed by atoms with Crippen molar-refractivity contribution in [1.29, 1.82) is 5.41 Å². The Morgan fingerprint density at radius 1 is 0.931 bits per heavy atom. The van der Waals surface area contributed by atoms with E-state index >= 15 is 0 Å². The number of nitrogens with one attached hydrogen (secondary N) is 2. The van der Waals surface area contributed by atoms with E-state index in [4.69, 9.17) is 11.1 Å². The Balaban J connectivity index is 1.59. The van der Waals surface area contributed by atoms with E-state index in [9.17, 15) is 0 Å². The summed E-state index contributed by atoms with van der Waals surface area (Å²) in [4.78, 5) is 11.8. The maximum Gasteiger partial charge on any atom is 0.0868 e. The molecule has 0 aliphatic heterocycles. The molecule has 4 N–H and O–H groups in total. The predicted molar refractivity (Wildman–Crippen MR) is 119 cm³/mol. The molecular weight excluding hydrogens is 378 g/mol. The smallest absolute Gasteiger partial charge is 0.0868 e. The van der Waals surface area contributed by atoms with Gasteiger partial charge in [0.1, 0.15) is 0 Å². The largest absolute Gasteiger partial charge is 0.398 e. The summed E-state index contributed by atoms with van der Waals surface area (Å²) in [5.74, 6) is 0. The fourth-order valence-electron chi connectivity index (χ4n) is 3.48. The average Bonchev–Trinajstić information content (AvgIpc) is 3.44. The van der Waals surface area contributed by atoms with Gasteiger partial charge in [0.15, 0.2) is 0 Å². The van der Waals surface area contributed by atoms with Gasteiger partial charge in [-0.15, -0.1) is 0 Å². The van der Waals surface area contributed by atoms with Crippen molar-refractivity contribution in [3.8, 4) is 22.3 Å². The highest BCUT2D eigenvalue weighted by atomic mass is 32.1. The Kier molecular flexibility index (Phi) is 4.18. The van der Waals surface area contributed by atoms with Gasteiger partial charge in [-0.3, -0.25) is 15.4 Å². The van der Waals surface area contributed by atoms with Gasteiger partial charge < -0.3 is 10.7 Å². The number of rotatable bonds is 4. The van der Waals surface area contributed by atoms with Crippen LogP contribution in [0.15, 0.2) is 78.0 Å². The van der Waals surface area contributed by atoms with Crippen LogP contribution in [0.3, 0.4) is 0 Å². The first-order valence-electron chi connectivity index (χ1n) is 9.09. The first kappa shape index (κ1) is 17.3. The SMILES string of the molecule is N=C(c1cc2c(-c3ccsc3)cncc2[nH]1)c1cc(-c2ccncc2)ccc1N. The molecule has 6 heteroatoms. The van der Waals surface area contributed by atoms with E-state index in [2.05, 4.69) is 31.8 Å². The van der Waals surface area contributed by atoms with Gasteiger partial charge in [0, 0.05) is 40.8 Å². The topological polar surface area (TPSA) is 91.4 Å². The summed E-state index contributed by atoms with van der Waals surface area (Å²) in [6, 6.07) is 13.7. The average molecular weight is 395 g/mol. The third-order valence-corrected chi connectivity index (χ3v) is 5.67. The lowest BCUT2D eigenvalue weighted by Crippen LogP contribution is -2.06. The summed E-state index contributed by atoms with van der Waals surface area (Å²) in [6.07, 6.45) is 7.17. The summed E-state index contributed by atoms with van der Waals surface area (Å²) in [6.45, 7) is 0. The number of H-pyrrole nitrogens is 1. The Labute approximate surface area is 171 Å². The molecule has 29 heavy (non-hydrogen) atoms. The standard InChI is InChI=1S/C23H17N5S/c24-20-2-1-15(14-3-6-26-7-4-14)9-18(20)23(25)21-10-17-19(16-5-8-29-13-16)11-27-12-22(17)28-21/h1-13,25,28H,24H2. The molecular formula is C23H17N5S. The molecule has 0 spiro atoms. The summed E-state index contributed by atoms with van der Waals surface area (Å²) in [5.41, 5.74) is 13.7. The molecule has 0 atom stereocenters. The van der Waals surface area contributed by atoms with Crippen LogP contribution >= 0.6 is 11.3 Å². The zero-order valence-corrected chi connectivity index (χ0v) is 16.2. The molecule has 0 aliphatic rings. The normalized spacial score (nSPS) is 11.0. The van der Waals surface area contributed by atoms with Crippen LogP contribution in [0.2, 0.25) is 0 Å². The highest BCUT2D eigenvalue weighted by Crippen LogP contribution is 2.31. The van der Waals surface area contributed by atoms with E-state index in [0.717, 1.165) is 33.2 Å². The number of nitrogen functional groups attached to an aromatic ring is 1.